The van der Waals surface area contributed by atoms with Crippen molar-refractivity contribution in [2.45, 2.75) is 19.2 Å². The number of anilines is 1. The Balaban J connectivity index is 2.33. The normalized spacial score (nSPS) is 13.0. The summed E-state index contributed by atoms with van der Waals surface area (Å²) in [5.74, 6) is -0.674. The zero-order valence-corrected chi connectivity index (χ0v) is 12.6. The van der Waals surface area contributed by atoms with Crippen LogP contribution in [0.15, 0.2) is 29.8 Å². The number of hydrogen-bond donors (Lipinski definition) is 1. The molecular formula is C14H13F3N2O2S. The molecule has 0 aliphatic rings. The van der Waals surface area contributed by atoms with E-state index < -0.39 is 23.8 Å². The summed E-state index contributed by atoms with van der Waals surface area (Å²) in [6.07, 6.45) is -5.92. The SMILES string of the molecule is COC(C(=O)Nc1scnc1C)c1ccccc1C(F)(F)F. The van der Waals surface area contributed by atoms with E-state index in [1.54, 1.807) is 6.92 Å². The van der Waals surface area contributed by atoms with Gasteiger partial charge in [0.1, 0.15) is 5.00 Å². The topological polar surface area (TPSA) is 51.2 Å². The molecule has 0 spiro atoms. The van der Waals surface area contributed by atoms with Gasteiger partial charge in [-0.25, -0.2) is 4.98 Å². The second-order valence-electron chi connectivity index (χ2n) is 4.46. The molecule has 0 saturated carbocycles. The van der Waals surface area contributed by atoms with Gasteiger partial charge in [-0.3, -0.25) is 4.79 Å². The number of aromatic nitrogens is 1. The third-order valence-electron chi connectivity index (χ3n) is 3.00. The molecule has 2 aromatic rings. The van der Waals surface area contributed by atoms with Crippen LogP contribution < -0.4 is 5.32 Å². The first-order chi connectivity index (χ1) is 10.3. The molecule has 0 fully saturated rings. The van der Waals surface area contributed by atoms with Crippen LogP contribution in [-0.2, 0) is 15.7 Å². The van der Waals surface area contributed by atoms with Crippen LogP contribution in [0.5, 0.6) is 0 Å². The van der Waals surface area contributed by atoms with Crippen LogP contribution in [-0.4, -0.2) is 18.0 Å². The fraction of sp³-hybridized carbons (Fsp3) is 0.286. The Morgan fingerprint density at radius 2 is 2.05 bits per heavy atom. The zero-order valence-electron chi connectivity index (χ0n) is 11.8. The number of benzene rings is 1. The predicted molar refractivity (Wildman–Crippen MR) is 76.7 cm³/mol. The van der Waals surface area contributed by atoms with E-state index in [0.29, 0.717) is 10.7 Å². The van der Waals surface area contributed by atoms with Gasteiger partial charge < -0.3 is 10.1 Å². The lowest BCUT2D eigenvalue weighted by atomic mass is 10.0. The Hall–Kier alpha value is -1.93. The summed E-state index contributed by atoms with van der Waals surface area (Å²) in [6, 6.07) is 4.86. The molecule has 1 aromatic heterocycles. The quantitative estimate of drug-likeness (QED) is 0.928. The second kappa shape index (κ2) is 6.45. The minimum absolute atomic E-state index is 0.225. The van der Waals surface area contributed by atoms with Crippen LogP contribution in [0.25, 0.3) is 0 Å². The lowest BCUT2D eigenvalue weighted by Crippen LogP contribution is -2.25. The van der Waals surface area contributed by atoms with Crippen molar-refractivity contribution in [1.82, 2.24) is 4.98 Å². The lowest BCUT2D eigenvalue weighted by molar-refractivity contribution is -0.140. The Morgan fingerprint density at radius 1 is 1.36 bits per heavy atom. The van der Waals surface area contributed by atoms with Gasteiger partial charge in [0.05, 0.1) is 16.8 Å². The molecular weight excluding hydrogens is 317 g/mol. The van der Waals surface area contributed by atoms with Crippen molar-refractivity contribution in [2.75, 3.05) is 12.4 Å². The number of nitrogens with zero attached hydrogens (tertiary/aromatic N) is 1. The third-order valence-corrected chi connectivity index (χ3v) is 3.85. The highest BCUT2D eigenvalue weighted by molar-refractivity contribution is 7.14. The van der Waals surface area contributed by atoms with Gasteiger partial charge in [0, 0.05) is 12.7 Å². The van der Waals surface area contributed by atoms with Crippen molar-refractivity contribution in [2.24, 2.45) is 0 Å². The molecule has 0 bridgehead atoms. The van der Waals surface area contributed by atoms with E-state index in [9.17, 15) is 18.0 Å². The highest BCUT2D eigenvalue weighted by atomic mass is 32.1. The summed E-state index contributed by atoms with van der Waals surface area (Å²) >= 11 is 1.19. The molecule has 4 nitrogen and oxygen atoms in total. The van der Waals surface area contributed by atoms with E-state index in [0.717, 1.165) is 6.07 Å². The van der Waals surface area contributed by atoms with Crippen LogP contribution in [0, 0.1) is 6.92 Å². The summed E-state index contributed by atoms with van der Waals surface area (Å²) in [5, 5.41) is 3.03. The molecule has 8 heteroatoms. The predicted octanol–water partition coefficient (Wildman–Crippen LogP) is 3.80. The number of rotatable bonds is 4. The van der Waals surface area contributed by atoms with Crippen molar-refractivity contribution in [3.8, 4) is 0 Å². The van der Waals surface area contributed by atoms with Crippen molar-refractivity contribution >= 4 is 22.2 Å². The molecule has 1 atom stereocenters. The monoisotopic (exact) mass is 330 g/mol. The van der Waals surface area contributed by atoms with Crippen molar-refractivity contribution in [1.29, 1.82) is 0 Å². The molecule has 1 aromatic carbocycles. The average Bonchev–Trinajstić information content (AvgIpc) is 2.84. The summed E-state index contributed by atoms with van der Waals surface area (Å²) < 4.78 is 44.2. The minimum atomic E-state index is -4.56. The summed E-state index contributed by atoms with van der Waals surface area (Å²) in [4.78, 5) is 16.2. The molecule has 0 radical (unpaired) electrons. The first-order valence-corrected chi connectivity index (χ1v) is 7.12. The van der Waals surface area contributed by atoms with Crippen molar-refractivity contribution < 1.29 is 22.7 Å². The fourth-order valence-electron chi connectivity index (χ4n) is 1.96. The molecule has 2 rings (SSSR count). The summed E-state index contributed by atoms with van der Waals surface area (Å²) in [6.45, 7) is 1.69. The molecule has 22 heavy (non-hydrogen) atoms. The number of nitrogens with one attached hydrogen (secondary N) is 1. The molecule has 1 N–H and O–H groups in total. The maximum atomic E-state index is 13.1. The number of hydrogen-bond acceptors (Lipinski definition) is 4. The molecule has 0 aliphatic carbocycles. The Kier molecular flexibility index (Phi) is 4.82. The molecule has 1 amide bonds. The van der Waals surface area contributed by atoms with Crippen molar-refractivity contribution in [3.05, 3.63) is 46.6 Å². The van der Waals surface area contributed by atoms with Gasteiger partial charge in [-0.2, -0.15) is 13.2 Å². The highest BCUT2D eigenvalue weighted by Crippen LogP contribution is 2.36. The fourth-order valence-corrected chi connectivity index (χ4v) is 2.66. The number of thiazole rings is 1. The molecule has 118 valence electrons. The van der Waals surface area contributed by atoms with E-state index in [2.05, 4.69) is 10.3 Å². The van der Waals surface area contributed by atoms with Crippen LogP contribution >= 0.6 is 11.3 Å². The number of aryl methyl sites for hydroxylation is 1. The first-order valence-electron chi connectivity index (χ1n) is 6.24. The van der Waals surface area contributed by atoms with Gasteiger partial charge in [0.25, 0.3) is 5.91 Å². The van der Waals surface area contributed by atoms with Gasteiger partial charge in [0.2, 0.25) is 0 Å². The van der Waals surface area contributed by atoms with E-state index in [1.165, 1.54) is 42.2 Å². The summed E-state index contributed by atoms with van der Waals surface area (Å²) in [5.41, 5.74) is 1.02. The molecule has 0 aliphatic heterocycles. The third kappa shape index (κ3) is 3.45. The van der Waals surface area contributed by atoms with Crippen LogP contribution in [0.1, 0.15) is 22.9 Å². The maximum absolute atomic E-state index is 13.1. The number of alkyl halides is 3. The molecule has 1 unspecified atom stereocenters. The largest absolute Gasteiger partial charge is 0.416 e. The number of methoxy groups -OCH3 is 1. The van der Waals surface area contributed by atoms with E-state index in [-0.39, 0.29) is 5.56 Å². The van der Waals surface area contributed by atoms with Gasteiger partial charge in [-0.05, 0) is 13.0 Å². The number of carbonyl (C=O) groups is 1. The number of amides is 1. The number of carbonyl (C=O) groups excluding carboxylic acids is 1. The average molecular weight is 330 g/mol. The summed E-state index contributed by atoms with van der Waals surface area (Å²) in [7, 11) is 1.19. The number of halogens is 3. The second-order valence-corrected chi connectivity index (χ2v) is 5.31. The first kappa shape index (κ1) is 16.4. The molecule has 1 heterocycles. The number of ether oxygens (including phenoxy) is 1. The lowest BCUT2D eigenvalue weighted by Gasteiger charge is -2.19. The van der Waals surface area contributed by atoms with Gasteiger partial charge in [-0.1, -0.05) is 18.2 Å². The van der Waals surface area contributed by atoms with Gasteiger partial charge in [0.15, 0.2) is 6.10 Å². The Labute approximate surface area is 128 Å². The van der Waals surface area contributed by atoms with Crippen LogP contribution in [0.2, 0.25) is 0 Å². The van der Waals surface area contributed by atoms with E-state index in [4.69, 9.17) is 4.74 Å². The zero-order chi connectivity index (χ0) is 16.3. The smallest absolute Gasteiger partial charge is 0.367 e. The molecule has 0 saturated heterocycles. The Bertz CT molecular complexity index is 670. The van der Waals surface area contributed by atoms with Gasteiger partial charge in [-0.15, -0.1) is 11.3 Å². The van der Waals surface area contributed by atoms with Crippen LogP contribution in [0.3, 0.4) is 0 Å². The Morgan fingerprint density at radius 3 is 2.59 bits per heavy atom. The maximum Gasteiger partial charge on any atom is 0.416 e. The van der Waals surface area contributed by atoms with Crippen molar-refractivity contribution in [3.63, 3.8) is 0 Å². The van der Waals surface area contributed by atoms with Crippen LogP contribution in [0.4, 0.5) is 18.2 Å². The highest BCUT2D eigenvalue weighted by Gasteiger charge is 2.37. The van der Waals surface area contributed by atoms with E-state index >= 15 is 0 Å². The van der Waals surface area contributed by atoms with E-state index in [1.807, 2.05) is 0 Å². The van der Waals surface area contributed by atoms with Gasteiger partial charge >= 0.3 is 6.18 Å². The standard InChI is InChI=1S/C14H13F3N2O2S/c1-8-13(22-7-18-8)19-12(20)11(21-2)9-5-3-4-6-10(9)14(15,16)17/h3-7,11H,1-2H3,(H,19,20). The minimum Gasteiger partial charge on any atom is -0.367 e.